The number of rotatable bonds is 6. The Bertz CT molecular complexity index is 706. The molecule has 8 heteroatoms. The first-order valence-electron chi connectivity index (χ1n) is 8.00. The Balaban J connectivity index is 1.99. The van der Waals surface area contributed by atoms with Gasteiger partial charge in [-0.1, -0.05) is 30.3 Å². The van der Waals surface area contributed by atoms with Crippen molar-refractivity contribution in [3.05, 3.63) is 60.2 Å². The predicted molar refractivity (Wildman–Crippen MR) is 99.3 cm³/mol. The van der Waals surface area contributed by atoms with Crippen LogP contribution in [0.4, 0.5) is 18.9 Å². The summed E-state index contributed by atoms with van der Waals surface area (Å²) in [5.74, 6) is -0.278. The van der Waals surface area contributed by atoms with Crippen LogP contribution >= 0.6 is 12.2 Å². The number of likely N-dealkylation sites (N-methyl/N-ethyl adjacent to an activating group) is 1. The van der Waals surface area contributed by atoms with Gasteiger partial charge in [-0.25, -0.2) is 0 Å². The molecule has 0 fully saturated rings. The first-order valence-corrected chi connectivity index (χ1v) is 8.41. The lowest BCUT2D eigenvalue weighted by Crippen LogP contribution is -3.06. The van der Waals surface area contributed by atoms with Gasteiger partial charge in [-0.3, -0.25) is 0 Å². The normalized spacial score (nSPS) is 12.5. The average molecular weight is 384 g/mol. The van der Waals surface area contributed by atoms with Crippen LogP contribution in [0.5, 0.6) is 5.75 Å². The minimum absolute atomic E-state index is 0.00837. The molecule has 0 radical (unpaired) electrons. The summed E-state index contributed by atoms with van der Waals surface area (Å²) >= 11 is 5.34. The van der Waals surface area contributed by atoms with Crippen molar-refractivity contribution in [1.82, 2.24) is 5.32 Å². The lowest BCUT2D eigenvalue weighted by molar-refractivity contribution is -0.860. The zero-order chi connectivity index (χ0) is 19.2. The topological polar surface area (TPSA) is 37.7 Å². The van der Waals surface area contributed by atoms with Crippen LogP contribution in [0.25, 0.3) is 0 Å². The number of thiocarbonyl (C=S) groups is 1. The van der Waals surface area contributed by atoms with Gasteiger partial charge in [0.05, 0.1) is 14.1 Å². The summed E-state index contributed by atoms with van der Waals surface area (Å²) in [6.07, 6.45) is -4.71. The average Bonchev–Trinajstić information content (AvgIpc) is 2.55. The number of quaternary nitrogens is 1. The monoisotopic (exact) mass is 384 g/mol. The van der Waals surface area contributed by atoms with Crippen LogP contribution in [0, 0.1) is 0 Å². The smallest absolute Gasteiger partial charge is 0.406 e. The molecule has 0 saturated heterocycles. The minimum Gasteiger partial charge on any atom is -0.406 e. The summed E-state index contributed by atoms with van der Waals surface area (Å²) in [4.78, 5) is 1.25. The van der Waals surface area contributed by atoms with E-state index in [1.54, 1.807) is 0 Å². The zero-order valence-corrected chi connectivity index (χ0v) is 15.2. The Hall–Kier alpha value is -2.32. The van der Waals surface area contributed by atoms with Crippen LogP contribution in [0.15, 0.2) is 54.6 Å². The van der Waals surface area contributed by atoms with Gasteiger partial charge in [0.15, 0.2) is 5.11 Å². The van der Waals surface area contributed by atoms with Crippen molar-refractivity contribution < 1.29 is 22.8 Å². The van der Waals surface area contributed by atoms with Crippen LogP contribution < -0.4 is 20.3 Å². The van der Waals surface area contributed by atoms with Crippen molar-refractivity contribution in [1.29, 1.82) is 0 Å². The van der Waals surface area contributed by atoms with Crippen LogP contribution in [-0.4, -0.2) is 32.1 Å². The van der Waals surface area contributed by atoms with Gasteiger partial charge in [0.25, 0.3) is 0 Å². The van der Waals surface area contributed by atoms with Gasteiger partial charge in [0.1, 0.15) is 18.3 Å². The van der Waals surface area contributed by atoms with Crippen LogP contribution in [0.1, 0.15) is 11.6 Å². The number of nitrogens with one attached hydrogen (secondary N) is 3. The fourth-order valence-corrected chi connectivity index (χ4v) is 2.67. The van der Waals surface area contributed by atoms with E-state index in [1.807, 2.05) is 44.4 Å². The summed E-state index contributed by atoms with van der Waals surface area (Å²) < 4.78 is 40.4. The van der Waals surface area contributed by atoms with Crippen molar-refractivity contribution in [2.75, 3.05) is 26.0 Å². The molecule has 1 atom stereocenters. The lowest BCUT2D eigenvalue weighted by atomic mass is 10.1. The Morgan fingerprint density at radius 1 is 1.08 bits per heavy atom. The molecule has 0 unspecified atom stereocenters. The number of halogens is 3. The number of ether oxygens (including phenoxy) is 1. The van der Waals surface area contributed by atoms with Gasteiger partial charge in [-0.05, 0) is 42.0 Å². The van der Waals surface area contributed by atoms with Crippen molar-refractivity contribution in [3.63, 3.8) is 0 Å². The van der Waals surface area contributed by atoms with E-state index in [0.717, 1.165) is 12.1 Å². The molecule has 4 nitrogen and oxygen atoms in total. The number of hydrogen-bond acceptors (Lipinski definition) is 2. The molecule has 2 rings (SSSR count). The van der Waals surface area contributed by atoms with E-state index in [1.165, 1.54) is 29.2 Å². The Kier molecular flexibility index (Phi) is 6.82. The van der Waals surface area contributed by atoms with Gasteiger partial charge >= 0.3 is 6.36 Å². The van der Waals surface area contributed by atoms with E-state index in [2.05, 4.69) is 15.4 Å². The first-order chi connectivity index (χ1) is 12.2. The molecule has 140 valence electrons. The van der Waals surface area contributed by atoms with E-state index in [0.29, 0.717) is 10.8 Å². The summed E-state index contributed by atoms with van der Waals surface area (Å²) in [6, 6.07) is 15.3. The fourth-order valence-electron chi connectivity index (χ4n) is 2.41. The number of hydrogen-bond donors (Lipinski definition) is 3. The molecule has 2 aromatic rings. The van der Waals surface area contributed by atoms with Crippen molar-refractivity contribution in [2.24, 2.45) is 0 Å². The second-order valence-electron chi connectivity index (χ2n) is 6.05. The Morgan fingerprint density at radius 2 is 1.69 bits per heavy atom. The summed E-state index contributed by atoms with van der Waals surface area (Å²) in [5.41, 5.74) is 1.67. The maximum atomic E-state index is 12.2. The molecule has 0 bridgehead atoms. The molecule has 0 amide bonds. The van der Waals surface area contributed by atoms with Crippen LogP contribution in [0.3, 0.4) is 0 Å². The van der Waals surface area contributed by atoms with Gasteiger partial charge in [-0.15, -0.1) is 13.2 Å². The lowest BCUT2D eigenvalue weighted by Gasteiger charge is -2.22. The first kappa shape index (κ1) is 20.0. The van der Waals surface area contributed by atoms with E-state index >= 15 is 0 Å². The molecule has 26 heavy (non-hydrogen) atoms. The second-order valence-corrected chi connectivity index (χ2v) is 6.45. The fraction of sp³-hybridized carbons (Fsp3) is 0.278. The maximum Gasteiger partial charge on any atom is 0.573 e. The Morgan fingerprint density at radius 3 is 2.23 bits per heavy atom. The van der Waals surface area contributed by atoms with E-state index in [4.69, 9.17) is 12.2 Å². The molecule has 0 aromatic heterocycles. The molecule has 0 heterocycles. The molecule has 0 aliphatic heterocycles. The van der Waals surface area contributed by atoms with Gasteiger partial charge in [0.2, 0.25) is 0 Å². The number of alkyl halides is 3. The number of benzene rings is 2. The summed E-state index contributed by atoms with van der Waals surface area (Å²) in [7, 11) is 4.10. The highest BCUT2D eigenvalue weighted by molar-refractivity contribution is 7.80. The van der Waals surface area contributed by atoms with E-state index < -0.39 is 6.36 Å². The van der Waals surface area contributed by atoms with Crippen molar-refractivity contribution in [3.8, 4) is 5.75 Å². The second kappa shape index (κ2) is 8.86. The third-order valence-electron chi connectivity index (χ3n) is 3.47. The van der Waals surface area contributed by atoms with Crippen molar-refractivity contribution in [2.45, 2.75) is 12.4 Å². The van der Waals surface area contributed by atoms with Crippen molar-refractivity contribution >= 4 is 23.0 Å². The molecule has 0 aliphatic rings. The molecule has 0 spiro atoms. The van der Waals surface area contributed by atoms with Gasteiger partial charge in [-0.2, -0.15) is 0 Å². The molecule has 2 aromatic carbocycles. The van der Waals surface area contributed by atoms with Gasteiger partial charge < -0.3 is 20.3 Å². The van der Waals surface area contributed by atoms with Crippen LogP contribution in [0.2, 0.25) is 0 Å². The molecular weight excluding hydrogens is 363 g/mol. The molecular formula is C18H21F3N3OS+. The third kappa shape index (κ3) is 6.89. The number of anilines is 1. The zero-order valence-electron chi connectivity index (χ0n) is 14.4. The van der Waals surface area contributed by atoms with E-state index in [-0.39, 0.29) is 11.8 Å². The molecule has 3 N–H and O–H groups in total. The Labute approximate surface area is 156 Å². The standard InChI is InChI=1S/C18H20F3N3OS/c1-24(2)12-16(13-6-4-3-5-7-13)23-17(26)22-14-8-10-15(11-9-14)25-18(19,20)21/h3-11,16H,12H2,1-2H3,(H2,22,23,26)/p+1/t16-/m0/s1. The third-order valence-corrected chi connectivity index (χ3v) is 3.69. The molecule has 0 aliphatic carbocycles. The van der Waals surface area contributed by atoms with Crippen LogP contribution in [-0.2, 0) is 0 Å². The molecule has 0 saturated carbocycles. The highest BCUT2D eigenvalue weighted by Gasteiger charge is 2.30. The maximum absolute atomic E-state index is 12.2. The van der Waals surface area contributed by atoms with Gasteiger partial charge in [0, 0.05) is 5.69 Å². The highest BCUT2D eigenvalue weighted by Crippen LogP contribution is 2.24. The van der Waals surface area contributed by atoms with E-state index in [9.17, 15) is 13.2 Å². The highest BCUT2D eigenvalue weighted by atomic mass is 32.1. The SMILES string of the molecule is C[NH+](C)C[C@H](NC(=S)Nc1ccc(OC(F)(F)F)cc1)c1ccccc1. The quantitative estimate of drug-likeness (QED) is 0.670. The minimum atomic E-state index is -4.71. The summed E-state index contributed by atoms with van der Waals surface area (Å²) in [5, 5.41) is 6.63. The summed E-state index contributed by atoms with van der Waals surface area (Å²) in [6.45, 7) is 0.810. The predicted octanol–water partition coefficient (Wildman–Crippen LogP) is 2.76. The largest absolute Gasteiger partial charge is 0.573 e.